The van der Waals surface area contributed by atoms with Crippen LogP contribution < -0.4 is 4.72 Å². The molecule has 0 spiro atoms. The SMILES string of the molecule is N#Cc1ccc(NS(=O)(=O)c2ccccc2Cl)c(Cl)c1. The second-order valence-corrected chi connectivity index (χ2v) is 6.31. The molecule has 1 N–H and O–H groups in total. The molecule has 102 valence electrons. The fourth-order valence-electron chi connectivity index (χ4n) is 1.53. The summed E-state index contributed by atoms with van der Waals surface area (Å²) in [7, 11) is -3.84. The topological polar surface area (TPSA) is 70.0 Å². The molecule has 2 aromatic carbocycles. The molecule has 0 bridgehead atoms. The zero-order chi connectivity index (χ0) is 14.8. The minimum Gasteiger partial charge on any atom is -0.278 e. The lowest BCUT2D eigenvalue weighted by Gasteiger charge is -2.10. The van der Waals surface area contributed by atoms with E-state index in [1.165, 1.54) is 30.3 Å². The molecule has 0 atom stereocenters. The van der Waals surface area contributed by atoms with E-state index in [0.29, 0.717) is 5.56 Å². The summed E-state index contributed by atoms with van der Waals surface area (Å²) >= 11 is 11.8. The highest BCUT2D eigenvalue weighted by atomic mass is 35.5. The summed E-state index contributed by atoms with van der Waals surface area (Å²) in [6.45, 7) is 0. The van der Waals surface area contributed by atoms with Crippen LogP contribution >= 0.6 is 23.2 Å². The van der Waals surface area contributed by atoms with Gasteiger partial charge in [-0.05, 0) is 30.3 Å². The molecular weight excluding hydrogens is 319 g/mol. The number of rotatable bonds is 3. The normalized spacial score (nSPS) is 10.8. The predicted octanol–water partition coefficient (Wildman–Crippen LogP) is 3.67. The highest BCUT2D eigenvalue weighted by Gasteiger charge is 2.18. The van der Waals surface area contributed by atoms with Gasteiger partial charge in [0.1, 0.15) is 4.90 Å². The number of anilines is 1. The Bertz CT molecular complexity index is 798. The molecule has 0 aromatic heterocycles. The summed E-state index contributed by atoms with van der Waals surface area (Å²) in [5, 5.41) is 8.99. The van der Waals surface area contributed by atoms with Gasteiger partial charge in [0.05, 0.1) is 27.4 Å². The van der Waals surface area contributed by atoms with Crippen molar-refractivity contribution in [3.05, 3.63) is 58.1 Å². The molecule has 0 saturated heterocycles. The Hall–Kier alpha value is -1.74. The van der Waals surface area contributed by atoms with Crippen LogP contribution in [0.4, 0.5) is 5.69 Å². The number of nitrogens with zero attached hydrogens (tertiary/aromatic N) is 1. The first-order chi connectivity index (χ1) is 9.44. The number of halogens is 2. The van der Waals surface area contributed by atoms with Crippen LogP contribution in [0.5, 0.6) is 0 Å². The van der Waals surface area contributed by atoms with E-state index in [9.17, 15) is 8.42 Å². The van der Waals surface area contributed by atoms with Gasteiger partial charge in [0.2, 0.25) is 0 Å². The second kappa shape index (κ2) is 5.71. The number of nitrogens with one attached hydrogen (secondary N) is 1. The molecule has 0 radical (unpaired) electrons. The molecule has 0 heterocycles. The monoisotopic (exact) mass is 326 g/mol. The number of sulfonamides is 1. The Morgan fingerprint density at radius 2 is 1.75 bits per heavy atom. The number of hydrogen-bond donors (Lipinski definition) is 1. The molecule has 7 heteroatoms. The van der Waals surface area contributed by atoms with E-state index in [-0.39, 0.29) is 20.6 Å². The molecule has 0 aliphatic heterocycles. The smallest absolute Gasteiger partial charge is 0.263 e. The molecule has 0 aliphatic carbocycles. The van der Waals surface area contributed by atoms with Crippen molar-refractivity contribution in [2.75, 3.05) is 4.72 Å². The minimum atomic E-state index is -3.84. The molecule has 0 saturated carbocycles. The second-order valence-electron chi connectivity index (χ2n) is 3.84. The number of nitriles is 1. The van der Waals surface area contributed by atoms with Crippen molar-refractivity contribution in [2.24, 2.45) is 0 Å². The molecule has 0 aliphatic rings. The van der Waals surface area contributed by atoms with Crippen LogP contribution in [0.25, 0.3) is 0 Å². The standard InChI is InChI=1S/C13H8Cl2N2O2S/c14-10-3-1-2-4-13(10)20(18,19)17-12-6-5-9(8-16)7-11(12)15/h1-7,17H. The van der Waals surface area contributed by atoms with Crippen molar-refractivity contribution in [3.63, 3.8) is 0 Å². The fourth-order valence-corrected chi connectivity index (χ4v) is 3.41. The van der Waals surface area contributed by atoms with E-state index < -0.39 is 10.0 Å². The maximum atomic E-state index is 12.2. The van der Waals surface area contributed by atoms with Gasteiger partial charge in [-0.15, -0.1) is 0 Å². The van der Waals surface area contributed by atoms with Crippen molar-refractivity contribution in [1.29, 1.82) is 5.26 Å². The Balaban J connectivity index is 2.40. The van der Waals surface area contributed by atoms with Gasteiger partial charge in [0.25, 0.3) is 10.0 Å². The highest BCUT2D eigenvalue weighted by Crippen LogP contribution is 2.28. The molecule has 4 nitrogen and oxygen atoms in total. The number of hydrogen-bond acceptors (Lipinski definition) is 3. The van der Waals surface area contributed by atoms with Crippen LogP contribution in [0.15, 0.2) is 47.4 Å². The minimum absolute atomic E-state index is 0.0397. The van der Waals surface area contributed by atoms with E-state index in [4.69, 9.17) is 28.5 Å². The zero-order valence-corrected chi connectivity index (χ0v) is 12.3. The van der Waals surface area contributed by atoms with Gasteiger partial charge in [-0.2, -0.15) is 5.26 Å². The van der Waals surface area contributed by atoms with E-state index in [0.717, 1.165) is 0 Å². The third-order valence-electron chi connectivity index (χ3n) is 2.47. The first-order valence-electron chi connectivity index (χ1n) is 5.41. The molecule has 20 heavy (non-hydrogen) atoms. The first-order valence-corrected chi connectivity index (χ1v) is 7.65. The van der Waals surface area contributed by atoms with Crippen LogP contribution in [-0.4, -0.2) is 8.42 Å². The average molecular weight is 327 g/mol. The van der Waals surface area contributed by atoms with Gasteiger partial charge in [-0.1, -0.05) is 35.3 Å². The van der Waals surface area contributed by atoms with Gasteiger partial charge in [0, 0.05) is 0 Å². The van der Waals surface area contributed by atoms with Crippen molar-refractivity contribution in [3.8, 4) is 6.07 Å². The van der Waals surface area contributed by atoms with Gasteiger partial charge in [-0.25, -0.2) is 8.42 Å². The summed E-state index contributed by atoms with van der Waals surface area (Å²) < 4.78 is 26.8. The van der Waals surface area contributed by atoms with Crippen molar-refractivity contribution in [1.82, 2.24) is 0 Å². The van der Waals surface area contributed by atoms with E-state index in [1.54, 1.807) is 12.1 Å². The largest absolute Gasteiger partial charge is 0.278 e. The van der Waals surface area contributed by atoms with Crippen molar-refractivity contribution < 1.29 is 8.42 Å². The third-order valence-corrected chi connectivity index (χ3v) is 4.65. The Morgan fingerprint density at radius 3 is 2.35 bits per heavy atom. The van der Waals surface area contributed by atoms with Crippen LogP contribution in [-0.2, 0) is 10.0 Å². The fraction of sp³-hybridized carbons (Fsp3) is 0. The van der Waals surface area contributed by atoms with Gasteiger partial charge < -0.3 is 0 Å². The summed E-state index contributed by atoms with van der Waals surface area (Å²) in [5.41, 5.74) is 0.529. The third kappa shape index (κ3) is 3.05. The lowest BCUT2D eigenvalue weighted by atomic mass is 10.2. The molecule has 0 amide bonds. The summed E-state index contributed by atoms with van der Waals surface area (Å²) in [6.07, 6.45) is 0. The quantitative estimate of drug-likeness (QED) is 0.935. The maximum absolute atomic E-state index is 12.2. The maximum Gasteiger partial charge on any atom is 0.263 e. The van der Waals surface area contributed by atoms with Gasteiger partial charge >= 0.3 is 0 Å². The Morgan fingerprint density at radius 1 is 1.05 bits per heavy atom. The summed E-state index contributed by atoms with van der Waals surface area (Å²) in [5.74, 6) is 0. The lowest BCUT2D eigenvalue weighted by Crippen LogP contribution is -2.13. The van der Waals surface area contributed by atoms with Gasteiger partial charge in [-0.3, -0.25) is 4.72 Å². The molecule has 0 unspecified atom stereocenters. The van der Waals surface area contributed by atoms with Gasteiger partial charge in [0.15, 0.2) is 0 Å². The zero-order valence-electron chi connectivity index (χ0n) is 9.97. The van der Waals surface area contributed by atoms with Crippen LogP contribution in [0.3, 0.4) is 0 Å². The predicted molar refractivity (Wildman–Crippen MR) is 78.4 cm³/mol. The molecule has 2 aromatic rings. The average Bonchev–Trinajstić information content (AvgIpc) is 2.41. The summed E-state index contributed by atoms with van der Waals surface area (Å²) in [6, 6.07) is 12.3. The summed E-state index contributed by atoms with van der Waals surface area (Å²) in [4.78, 5) is -0.0397. The molecule has 2 rings (SSSR count). The lowest BCUT2D eigenvalue weighted by molar-refractivity contribution is 0.601. The van der Waals surface area contributed by atoms with Crippen LogP contribution in [0.1, 0.15) is 5.56 Å². The molecular formula is C13H8Cl2N2O2S. The Labute approximate surface area is 126 Å². The van der Waals surface area contributed by atoms with E-state index >= 15 is 0 Å². The van der Waals surface area contributed by atoms with E-state index in [2.05, 4.69) is 4.72 Å². The van der Waals surface area contributed by atoms with Crippen molar-refractivity contribution in [2.45, 2.75) is 4.90 Å². The molecule has 0 fully saturated rings. The van der Waals surface area contributed by atoms with E-state index in [1.807, 2.05) is 6.07 Å². The van der Waals surface area contributed by atoms with Crippen molar-refractivity contribution >= 4 is 38.9 Å². The highest BCUT2D eigenvalue weighted by molar-refractivity contribution is 7.92. The first kappa shape index (κ1) is 14.7. The van der Waals surface area contributed by atoms with Crippen LogP contribution in [0, 0.1) is 11.3 Å². The Kier molecular flexibility index (Phi) is 4.19. The van der Waals surface area contributed by atoms with Crippen LogP contribution in [0.2, 0.25) is 10.0 Å². The number of benzene rings is 2.